The fraction of sp³-hybridized carbons (Fsp3) is 0. The second kappa shape index (κ2) is 6.26. The number of hydrogen-bond donors (Lipinski definition) is 1. The number of nitrogens with one attached hydrogen (secondary N) is 1. The van der Waals surface area contributed by atoms with Crippen LogP contribution in [-0.4, -0.2) is 15.8 Å². The Balaban J connectivity index is 2.38. The Morgan fingerprint density at radius 2 is 1.90 bits per heavy atom. The zero-order valence-corrected chi connectivity index (χ0v) is 12.4. The predicted molar refractivity (Wildman–Crippen MR) is 80.3 cm³/mol. The van der Waals surface area contributed by atoms with E-state index in [0.717, 1.165) is 6.07 Å². The van der Waals surface area contributed by atoms with Crippen molar-refractivity contribution in [3.05, 3.63) is 61.2 Å². The van der Waals surface area contributed by atoms with Crippen LogP contribution < -0.4 is 5.32 Å². The molecule has 0 aliphatic carbocycles. The molecule has 0 unspecified atom stereocenters. The summed E-state index contributed by atoms with van der Waals surface area (Å²) < 4.78 is 0. The average molecular weight is 347 g/mol. The Bertz CT molecular complexity index is 737. The van der Waals surface area contributed by atoms with Crippen molar-refractivity contribution in [3.8, 4) is 0 Å². The molecule has 0 spiro atoms. The van der Waals surface area contributed by atoms with Crippen LogP contribution in [0.1, 0.15) is 10.4 Å². The fourth-order valence-corrected chi connectivity index (χ4v) is 2.06. The zero-order valence-electron chi connectivity index (χ0n) is 10.1. The van der Waals surface area contributed by atoms with Gasteiger partial charge >= 0.3 is 5.69 Å². The summed E-state index contributed by atoms with van der Waals surface area (Å²) in [5.74, 6) is -0.950. The molecule has 108 valence electrons. The van der Waals surface area contributed by atoms with Gasteiger partial charge < -0.3 is 5.32 Å². The Kier molecular flexibility index (Phi) is 4.62. The van der Waals surface area contributed by atoms with E-state index in [2.05, 4.69) is 10.3 Å². The van der Waals surface area contributed by atoms with Gasteiger partial charge in [0.1, 0.15) is 5.15 Å². The highest BCUT2D eigenvalue weighted by atomic mass is 35.5. The monoisotopic (exact) mass is 345 g/mol. The molecule has 0 saturated heterocycles. The molecule has 1 aromatic heterocycles. The Hall–Kier alpha value is -1.89. The molecule has 1 heterocycles. The molecule has 6 nitrogen and oxygen atoms in total. The van der Waals surface area contributed by atoms with Crippen LogP contribution in [0.25, 0.3) is 0 Å². The van der Waals surface area contributed by atoms with Crippen LogP contribution in [-0.2, 0) is 0 Å². The number of nitrogens with zero attached hydrogens (tertiary/aromatic N) is 2. The number of carbonyl (C=O) groups is 1. The number of carbonyl (C=O) groups excluding carboxylic acids is 1. The summed E-state index contributed by atoms with van der Waals surface area (Å²) in [6.45, 7) is 0. The Morgan fingerprint density at radius 3 is 2.57 bits per heavy atom. The molecule has 0 fully saturated rings. The van der Waals surface area contributed by atoms with E-state index in [1.165, 1.54) is 24.3 Å². The van der Waals surface area contributed by atoms with Gasteiger partial charge in [0.05, 0.1) is 20.5 Å². The smallest absolute Gasteiger partial charge is 0.301 e. The summed E-state index contributed by atoms with van der Waals surface area (Å²) in [6, 6.07) is 6.87. The standard InChI is InChI=1S/C12H6Cl3N3O3/c13-7-3-1-2-6(10(7)15)12(19)17-11-8(18(20)21)4-5-9(14)16-11/h1-5H,(H,16,17,19). The lowest BCUT2D eigenvalue weighted by Crippen LogP contribution is -2.15. The third kappa shape index (κ3) is 3.41. The van der Waals surface area contributed by atoms with Crippen molar-refractivity contribution >= 4 is 52.2 Å². The quantitative estimate of drug-likeness (QED) is 0.512. The van der Waals surface area contributed by atoms with E-state index in [1.54, 1.807) is 0 Å². The van der Waals surface area contributed by atoms with Gasteiger partial charge in [0, 0.05) is 6.07 Å². The number of hydrogen-bond acceptors (Lipinski definition) is 4. The van der Waals surface area contributed by atoms with Gasteiger partial charge in [-0.1, -0.05) is 40.9 Å². The number of benzene rings is 1. The van der Waals surface area contributed by atoms with E-state index in [9.17, 15) is 14.9 Å². The first-order valence-electron chi connectivity index (χ1n) is 5.46. The molecular weight excluding hydrogens is 341 g/mol. The zero-order chi connectivity index (χ0) is 15.6. The van der Waals surface area contributed by atoms with E-state index in [4.69, 9.17) is 34.8 Å². The second-order valence-corrected chi connectivity index (χ2v) is 4.99. The van der Waals surface area contributed by atoms with Crippen LogP contribution in [0.3, 0.4) is 0 Å². The highest BCUT2D eigenvalue weighted by Crippen LogP contribution is 2.28. The summed E-state index contributed by atoms with van der Waals surface area (Å²) in [5, 5.41) is 13.4. The van der Waals surface area contributed by atoms with Gasteiger partial charge in [-0.25, -0.2) is 4.98 Å². The van der Waals surface area contributed by atoms with E-state index >= 15 is 0 Å². The number of halogens is 3. The molecule has 2 rings (SSSR count). The van der Waals surface area contributed by atoms with Gasteiger partial charge in [-0.2, -0.15) is 0 Å². The van der Waals surface area contributed by atoms with Gasteiger partial charge in [-0.3, -0.25) is 14.9 Å². The van der Waals surface area contributed by atoms with Crippen molar-refractivity contribution in [1.82, 2.24) is 4.98 Å². The van der Waals surface area contributed by atoms with Crippen molar-refractivity contribution in [3.63, 3.8) is 0 Å². The van der Waals surface area contributed by atoms with Crippen molar-refractivity contribution in [2.45, 2.75) is 0 Å². The number of amides is 1. The maximum atomic E-state index is 12.1. The predicted octanol–water partition coefficient (Wildman–Crippen LogP) is 4.20. The molecule has 2 aromatic rings. The lowest BCUT2D eigenvalue weighted by molar-refractivity contribution is -0.384. The number of anilines is 1. The minimum absolute atomic E-state index is 0.00749. The number of nitro groups is 1. The second-order valence-electron chi connectivity index (χ2n) is 3.81. The molecule has 1 aromatic carbocycles. The molecule has 0 atom stereocenters. The minimum Gasteiger partial charge on any atom is -0.301 e. The van der Waals surface area contributed by atoms with Crippen molar-refractivity contribution in [2.75, 3.05) is 5.32 Å². The molecule has 0 radical (unpaired) electrons. The van der Waals surface area contributed by atoms with E-state index in [-0.39, 0.29) is 32.3 Å². The molecule has 9 heteroatoms. The topological polar surface area (TPSA) is 85.1 Å². The van der Waals surface area contributed by atoms with E-state index < -0.39 is 10.8 Å². The van der Waals surface area contributed by atoms with Crippen molar-refractivity contribution < 1.29 is 9.72 Å². The maximum absolute atomic E-state index is 12.1. The fourth-order valence-electron chi connectivity index (χ4n) is 1.52. The van der Waals surface area contributed by atoms with Gasteiger partial charge in [-0.15, -0.1) is 0 Å². The average Bonchev–Trinajstić information content (AvgIpc) is 2.41. The number of aromatic nitrogens is 1. The summed E-state index contributed by atoms with van der Waals surface area (Å²) in [4.78, 5) is 26.1. The van der Waals surface area contributed by atoms with Crippen molar-refractivity contribution in [2.24, 2.45) is 0 Å². The maximum Gasteiger partial charge on any atom is 0.311 e. The summed E-state index contributed by atoms with van der Waals surface area (Å²) in [7, 11) is 0. The van der Waals surface area contributed by atoms with E-state index in [1.807, 2.05) is 0 Å². The Labute approximate surface area is 133 Å². The molecule has 1 N–H and O–H groups in total. The number of pyridine rings is 1. The van der Waals surface area contributed by atoms with Crippen LogP contribution >= 0.6 is 34.8 Å². The molecular formula is C12H6Cl3N3O3. The molecule has 1 amide bonds. The summed E-state index contributed by atoms with van der Waals surface area (Å²) in [6.07, 6.45) is 0. The first kappa shape index (κ1) is 15.5. The van der Waals surface area contributed by atoms with Crippen LogP contribution in [0.2, 0.25) is 15.2 Å². The summed E-state index contributed by atoms with van der Waals surface area (Å²) >= 11 is 17.4. The third-order valence-electron chi connectivity index (χ3n) is 2.46. The highest BCUT2D eigenvalue weighted by Gasteiger charge is 2.20. The molecule has 0 bridgehead atoms. The van der Waals surface area contributed by atoms with Gasteiger partial charge in [0.25, 0.3) is 5.91 Å². The van der Waals surface area contributed by atoms with Gasteiger partial charge in [0.2, 0.25) is 5.82 Å². The highest BCUT2D eigenvalue weighted by molar-refractivity contribution is 6.44. The SMILES string of the molecule is O=C(Nc1nc(Cl)ccc1[N+](=O)[O-])c1cccc(Cl)c1Cl. The lowest BCUT2D eigenvalue weighted by atomic mass is 10.2. The van der Waals surface area contributed by atoms with Gasteiger partial charge in [0.15, 0.2) is 0 Å². The van der Waals surface area contributed by atoms with Crippen LogP contribution in [0.15, 0.2) is 30.3 Å². The molecule has 0 aliphatic rings. The van der Waals surface area contributed by atoms with Crippen LogP contribution in [0.5, 0.6) is 0 Å². The first-order chi connectivity index (χ1) is 9.90. The third-order valence-corrected chi connectivity index (χ3v) is 3.49. The van der Waals surface area contributed by atoms with Crippen molar-refractivity contribution in [1.29, 1.82) is 0 Å². The normalized spacial score (nSPS) is 10.2. The first-order valence-corrected chi connectivity index (χ1v) is 6.60. The number of rotatable bonds is 3. The molecule has 0 saturated carbocycles. The van der Waals surface area contributed by atoms with Crippen LogP contribution in [0.4, 0.5) is 11.5 Å². The largest absolute Gasteiger partial charge is 0.311 e. The van der Waals surface area contributed by atoms with E-state index in [0.29, 0.717) is 0 Å². The Morgan fingerprint density at radius 1 is 1.19 bits per heavy atom. The summed E-state index contributed by atoms with van der Waals surface area (Å²) in [5.41, 5.74) is -0.314. The minimum atomic E-state index is -0.682. The van der Waals surface area contributed by atoms with Gasteiger partial charge in [-0.05, 0) is 18.2 Å². The molecule has 21 heavy (non-hydrogen) atoms. The molecule has 0 aliphatic heterocycles. The lowest BCUT2D eigenvalue weighted by Gasteiger charge is -2.07. The van der Waals surface area contributed by atoms with Crippen LogP contribution in [0, 0.1) is 10.1 Å².